The second-order valence-electron chi connectivity index (χ2n) is 23.7. The van der Waals surface area contributed by atoms with Crippen LogP contribution >= 0.6 is 0 Å². The Morgan fingerprint density at radius 1 is 0.256 bits per heavy atom. The monoisotopic (exact) mass is 1140 g/mol. The third-order valence-corrected chi connectivity index (χ3v) is 15.6. The van der Waals surface area contributed by atoms with Crippen LogP contribution in [0.5, 0.6) is 0 Å². The normalized spacial score (nSPS) is 12.6. The lowest BCUT2D eigenvalue weighted by molar-refractivity contribution is -0.167. The number of hydrogen-bond donors (Lipinski definition) is 0. The molecule has 0 bridgehead atoms. The zero-order chi connectivity index (χ0) is 59.2. The summed E-state index contributed by atoms with van der Waals surface area (Å²) in [7, 11) is 0. The van der Waals surface area contributed by atoms with Gasteiger partial charge in [0.15, 0.2) is 6.10 Å². The first-order valence-corrected chi connectivity index (χ1v) is 35.6. The molecule has 0 spiro atoms. The summed E-state index contributed by atoms with van der Waals surface area (Å²) in [5, 5.41) is 0. The predicted molar refractivity (Wildman–Crippen MR) is 358 cm³/mol. The molecule has 0 aliphatic carbocycles. The van der Waals surface area contributed by atoms with Gasteiger partial charge in [-0.05, 0) is 89.9 Å². The van der Waals surface area contributed by atoms with Gasteiger partial charge >= 0.3 is 17.9 Å². The molecule has 6 heteroatoms. The Bertz CT molecular complexity index is 1550. The van der Waals surface area contributed by atoms with Crippen molar-refractivity contribution >= 4 is 17.9 Å². The zero-order valence-electron chi connectivity index (χ0n) is 54.5. The highest BCUT2D eigenvalue weighted by atomic mass is 16.6. The maximum Gasteiger partial charge on any atom is 0.306 e. The summed E-state index contributed by atoms with van der Waals surface area (Å²) in [6, 6.07) is 0. The largest absolute Gasteiger partial charge is 0.462 e. The van der Waals surface area contributed by atoms with E-state index in [9.17, 15) is 14.4 Å². The van der Waals surface area contributed by atoms with Crippen molar-refractivity contribution in [2.75, 3.05) is 13.2 Å². The van der Waals surface area contributed by atoms with E-state index in [0.717, 1.165) is 122 Å². The quantitative estimate of drug-likeness (QED) is 0.0261. The van der Waals surface area contributed by atoms with E-state index in [1.807, 2.05) is 0 Å². The molecule has 0 aliphatic rings. The van der Waals surface area contributed by atoms with Gasteiger partial charge in [0.05, 0.1) is 0 Å². The van der Waals surface area contributed by atoms with Crippen molar-refractivity contribution < 1.29 is 28.6 Å². The van der Waals surface area contributed by atoms with Gasteiger partial charge in [-0.15, -0.1) is 0 Å². The molecular weight excluding hydrogens is 1010 g/mol. The highest BCUT2D eigenvalue weighted by Gasteiger charge is 2.19. The summed E-state index contributed by atoms with van der Waals surface area (Å²) in [5.74, 6) is -0.871. The predicted octanol–water partition coefficient (Wildman–Crippen LogP) is 24.6. The summed E-state index contributed by atoms with van der Waals surface area (Å²) >= 11 is 0. The maximum atomic E-state index is 12.9. The Morgan fingerprint density at radius 2 is 0.476 bits per heavy atom. The Kier molecular flexibility index (Phi) is 67.2. The van der Waals surface area contributed by atoms with Gasteiger partial charge in [0.25, 0.3) is 0 Å². The Labute approximate surface area is 509 Å². The number of unbranched alkanes of at least 4 members (excludes halogenated alkanes) is 40. The average molecular weight is 1140 g/mol. The number of rotatable bonds is 65. The lowest BCUT2D eigenvalue weighted by Crippen LogP contribution is -2.30. The summed E-state index contributed by atoms with van der Waals surface area (Å²) in [6.45, 7) is 6.45. The van der Waals surface area contributed by atoms with Gasteiger partial charge in [0.1, 0.15) is 13.2 Å². The minimum atomic E-state index is -0.781. The van der Waals surface area contributed by atoms with Crippen molar-refractivity contribution in [2.24, 2.45) is 0 Å². The molecule has 0 fully saturated rings. The number of ether oxygens (including phenoxy) is 3. The molecule has 0 saturated carbocycles. The molecule has 0 N–H and O–H groups in total. The molecule has 0 aromatic rings. The van der Waals surface area contributed by atoms with Crippen LogP contribution in [-0.2, 0) is 28.6 Å². The van der Waals surface area contributed by atoms with Crippen LogP contribution < -0.4 is 0 Å². The van der Waals surface area contributed by atoms with E-state index in [0.29, 0.717) is 19.3 Å². The fourth-order valence-corrected chi connectivity index (χ4v) is 10.4. The van der Waals surface area contributed by atoms with Crippen LogP contribution in [-0.4, -0.2) is 37.2 Å². The number of esters is 3. The van der Waals surface area contributed by atoms with Gasteiger partial charge < -0.3 is 14.2 Å². The lowest BCUT2D eigenvalue weighted by Gasteiger charge is -2.18. The summed E-state index contributed by atoms with van der Waals surface area (Å²) in [6.07, 6.45) is 93.4. The molecule has 0 radical (unpaired) electrons. The van der Waals surface area contributed by atoms with E-state index in [-0.39, 0.29) is 31.1 Å². The minimum absolute atomic E-state index is 0.0762. The van der Waals surface area contributed by atoms with Crippen molar-refractivity contribution in [3.8, 4) is 0 Å². The Hall–Kier alpha value is -3.41. The third-order valence-electron chi connectivity index (χ3n) is 15.6. The summed E-state index contributed by atoms with van der Waals surface area (Å²) in [5.41, 5.74) is 0. The van der Waals surface area contributed by atoms with E-state index in [1.165, 1.54) is 199 Å². The van der Waals surface area contributed by atoms with Crippen LogP contribution in [0.15, 0.2) is 85.1 Å². The Morgan fingerprint density at radius 3 is 0.744 bits per heavy atom. The zero-order valence-corrected chi connectivity index (χ0v) is 54.5. The molecular formula is C76H134O6. The third kappa shape index (κ3) is 67.4. The number of carbonyl (C=O) groups excluding carboxylic acids is 3. The molecule has 0 amide bonds. The van der Waals surface area contributed by atoms with Gasteiger partial charge in [0, 0.05) is 19.3 Å². The molecule has 0 aliphatic heterocycles. The first-order chi connectivity index (χ1) is 40.5. The molecule has 82 heavy (non-hydrogen) atoms. The van der Waals surface area contributed by atoms with E-state index in [1.54, 1.807) is 0 Å². The number of carbonyl (C=O) groups is 3. The first kappa shape index (κ1) is 78.6. The highest BCUT2D eigenvalue weighted by molar-refractivity contribution is 5.71. The fraction of sp³-hybridized carbons (Fsp3) is 0.776. The summed E-state index contributed by atoms with van der Waals surface area (Å²) < 4.78 is 17.0. The van der Waals surface area contributed by atoms with E-state index in [4.69, 9.17) is 14.2 Å². The molecule has 0 aromatic heterocycles. The molecule has 1 atom stereocenters. The second-order valence-corrected chi connectivity index (χ2v) is 23.7. The molecule has 0 saturated heterocycles. The van der Waals surface area contributed by atoms with Gasteiger partial charge in [-0.3, -0.25) is 14.4 Å². The topological polar surface area (TPSA) is 78.9 Å². The smallest absolute Gasteiger partial charge is 0.306 e. The highest BCUT2D eigenvalue weighted by Crippen LogP contribution is 2.18. The van der Waals surface area contributed by atoms with Crippen molar-refractivity contribution in [2.45, 2.75) is 367 Å². The van der Waals surface area contributed by atoms with E-state index >= 15 is 0 Å². The SMILES string of the molecule is CC/C=C\C/C=C\C/C=C\C/C=C\CCCCCCCCCCCCCCCCCCCCCCC(=O)OCC(COC(=O)CCCCCCC/C=C\C/C=C\C/C=C\CC)OC(=O)CCCCCCCCCCCCCCCCCC. The van der Waals surface area contributed by atoms with Crippen molar-refractivity contribution in [1.82, 2.24) is 0 Å². The average Bonchev–Trinajstić information content (AvgIpc) is 3.47. The maximum absolute atomic E-state index is 12.9. The molecule has 6 nitrogen and oxygen atoms in total. The molecule has 0 heterocycles. The van der Waals surface area contributed by atoms with Gasteiger partial charge in [-0.2, -0.15) is 0 Å². The molecule has 0 aromatic carbocycles. The molecule has 0 rings (SSSR count). The van der Waals surface area contributed by atoms with E-state index < -0.39 is 6.10 Å². The lowest BCUT2D eigenvalue weighted by atomic mass is 10.0. The number of hydrogen-bond acceptors (Lipinski definition) is 6. The standard InChI is InChI=1S/C76H134O6/c1-4-7-10-13-16-19-22-25-28-30-31-32-33-34-35-36-37-38-39-40-41-42-43-44-45-46-49-51-54-57-60-63-66-69-75(78)81-72-73(71-80-74(77)68-65-62-59-56-53-50-47-27-24-21-18-15-12-9-6-3)82-76(79)70-67-64-61-58-55-52-48-29-26-23-20-17-14-11-8-5-2/h7,9-10,12,16,18-19,21,25,27-28,31-32,47,73H,4-6,8,11,13-15,17,20,22-24,26,29-30,33-46,48-72H2,1-3H3/b10-7-,12-9-,19-16-,21-18-,28-25-,32-31-,47-27-. The van der Waals surface area contributed by atoms with Gasteiger partial charge in [-0.1, -0.05) is 337 Å². The van der Waals surface area contributed by atoms with Crippen LogP contribution in [0.2, 0.25) is 0 Å². The minimum Gasteiger partial charge on any atom is -0.462 e. The van der Waals surface area contributed by atoms with E-state index in [2.05, 4.69) is 106 Å². The van der Waals surface area contributed by atoms with Crippen LogP contribution in [0.4, 0.5) is 0 Å². The van der Waals surface area contributed by atoms with Crippen LogP contribution in [0.25, 0.3) is 0 Å². The van der Waals surface area contributed by atoms with Crippen LogP contribution in [0, 0.1) is 0 Å². The van der Waals surface area contributed by atoms with Crippen LogP contribution in [0.1, 0.15) is 361 Å². The van der Waals surface area contributed by atoms with Gasteiger partial charge in [-0.25, -0.2) is 0 Å². The fourth-order valence-electron chi connectivity index (χ4n) is 10.4. The van der Waals surface area contributed by atoms with Crippen molar-refractivity contribution in [1.29, 1.82) is 0 Å². The van der Waals surface area contributed by atoms with Crippen LogP contribution in [0.3, 0.4) is 0 Å². The first-order valence-electron chi connectivity index (χ1n) is 35.6. The van der Waals surface area contributed by atoms with Gasteiger partial charge in [0.2, 0.25) is 0 Å². The second kappa shape index (κ2) is 70.1. The van der Waals surface area contributed by atoms with Crippen molar-refractivity contribution in [3.63, 3.8) is 0 Å². The molecule has 474 valence electrons. The number of allylic oxidation sites excluding steroid dienone is 14. The van der Waals surface area contributed by atoms with Crippen molar-refractivity contribution in [3.05, 3.63) is 85.1 Å². The Balaban J connectivity index is 4.16. The molecule has 1 unspecified atom stereocenters. The summed E-state index contributed by atoms with van der Waals surface area (Å²) in [4.78, 5) is 38.4.